The van der Waals surface area contributed by atoms with Crippen molar-refractivity contribution in [2.24, 2.45) is 0 Å². The van der Waals surface area contributed by atoms with Gasteiger partial charge in [0, 0.05) is 5.54 Å². The maximum absolute atomic E-state index is 2.68. The molecule has 1 unspecified atom stereocenters. The highest BCUT2D eigenvalue weighted by atomic mass is 28.3. The van der Waals surface area contributed by atoms with Crippen LogP contribution < -0.4 is 15.6 Å². The number of rotatable bonds is 11. The van der Waals surface area contributed by atoms with Gasteiger partial charge in [-0.15, -0.1) is 0 Å². The molecule has 4 aromatic rings. The molecule has 216 valence electrons. The number of benzene rings is 4. The van der Waals surface area contributed by atoms with E-state index in [-0.39, 0.29) is 0 Å². The quantitative estimate of drug-likeness (QED) is 0.126. The van der Waals surface area contributed by atoms with Crippen molar-refractivity contribution in [1.82, 2.24) is 0 Å². The van der Waals surface area contributed by atoms with Gasteiger partial charge in [-0.25, -0.2) is 0 Å². The van der Waals surface area contributed by atoms with E-state index in [0.717, 1.165) is 38.5 Å². The van der Waals surface area contributed by atoms with Crippen molar-refractivity contribution in [3.8, 4) is 0 Å². The molecule has 1 aliphatic carbocycles. The van der Waals surface area contributed by atoms with Gasteiger partial charge in [-0.3, -0.25) is 0 Å². The fourth-order valence-electron chi connectivity index (χ4n) is 7.00. The van der Waals surface area contributed by atoms with Gasteiger partial charge < -0.3 is 0 Å². The summed E-state index contributed by atoms with van der Waals surface area (Å²) in [6, 6.07) is 34.0. The minimum atomic E-state index is -2.68. The maximum Gasteiger partial charge on any atom is 0.159 e. The van der Waals surface area contributed by atoms with Gasteiger partial charge in [-0.1, -0.05) is 145 Å². The Balaban J connectivity index is 1.98. The highest BCUT2D eigenvalue weighted by molar-refractivity contribution is 7.13. The van der Waals surface area contributed by atoms with Crippen molar-refractivity contribution in [3.63, 3.8) is 0 Å². The highest BCUT2D eigenvalue weighted by Crippen LogP contribution is 2.41. The summed E-state index contributed by atoms with van der Waals surface area (Å²) in [7, 11) is -2.68. The SMILES string of the molecule is CCc1cc(CC)cc([Si](c2cc(CC)cc(CC)c2)(c2cc(CC)cc(CC)c2)C2C=CC=C2c2ccccc2)c1. The van der Waals surface area contributed by atoms with Crippen molar-refractivity contribution in [1.29, 1.82) is 0 Å². The second kappa shape index (κ2) is 13.3. The van der Waals surface area contributed by atoms with Crippen molar-refractivity contribution >= 4 is 29.2 Å². The Morgan fingerprint density at radius 3 is 1.17 bits per heavy atom. The molecule has 1 heteroatoms. The Hall–Kier alpha value is -3.42. The molecule has 0 amide bonds. The fraction of sp³-hybridized carbons (Fsp3) is 0.317. The van der Waals surface area contributed by atoms with Crippen LogP contribution in [0.3, 0.4) is 0 Å². The van der Waals surface area contributed by atoms with E-state index in [1.54, 1.807) is 15.6 Å². The summed E-state index contributed by atoms with van der Waals surface area (Å²) in [5, 5.41) is 4.67. The molecule has 0 spiro atoms. The molecular formula is C41H48Si. The fourth-order valence-corrected chi connectivity index (χ4v) is 12.7. The van der Waals surface area contributed by atoms with Crippen LogP contribution in [-0.4, -0.2) is 8.07 Å². The summed E-state index contributed by atoms with van der Waals surface area (Å²) >= 11 is 0. The maximum atomic E-state index is 2.59. The minimum absolute atomic E-state index is 0.297. The molecule has 1 atom stereocenters. The second-order valence-electron chi connectivity index (χ2n) is 11.9. The van der Waals surface area contributed by atoms with Gasteiger partial charge in [0.25, 0.3) is 0 Å². The topological polar surface area (TPSA) is 0 Å². The Bertz CT molecular complexity index is 1390. The van der Waals surface area contributed by atoms with Crippen LogP contribution in [0.4, 0.5) is 0 Å². The largest absolute Gasteiger partial charge is 0.159 e. The number of aryl methyl sites for hydroxylation is 6. The van der Waals surface area contributed by atoms with Crippen LogP contribution in [0.25, 0.3) is 5.57 Å². The van der Waals surface area contributed by atoms with E-state index in [1.165, 1.54) is 44.5 Å². The molecular weight excluding hydrogens is 521 g/mol. The van der Waals surface area contributed by atoms with Crippen LogP contribution >= 0.6 is 0 Å². The van der Waals surface area contributed by atoms with E-state index >= 15 is 0 Å². The lowest BCUT2D eigenvalue weighted by atomic mass is 10.0. The van der Waals surface area contributed by atoms with Crippen molar-refractivity contribution < 1.29 is 0 Å². The minimum Gasteiger partial charge on any atom is -0.0787 e. The van der Waals surface area contributed by atoms with Crippen LogP contribution in [0.5, 0.6) is 0 Å². The van der Waals surface area contributed by atoms with Gasteiger partial charge in [-0.2, -0.15) is 0 Å². The summed E-state index contributed by atoms with van der Waals surface area (Å²) < 4.78 is 0. The van der Waals surface area contributed by atoms with Gasteiger partial charge in [0.15, 0.2) is 8.07 Å². The van der Waals surface area contributed by atoms with Gasteiger partial charge in [0.05, 0.1) is 0 Å². The number of hydrogen-bond donors (Lipinski definition) is 0. The predicted octanol–water partition coefficient (Wildman–Crippen LogP) is 8.55. The Morgan fingerprint density at radius 1 is 0.476 bits per heavy atom. The number of allylic oxidation sites excluding steroid dienone is 4. The van der Waals surface area contributed by atoms with E-state index in [0.29, 0.717) is 5.54 Å². The average molecular weight is 569 g/mol. The molecule has 0 saturated carbocycles. The van der Waals surface area contributed by atoms with E-state index in [2.05, 4.69) is 145 Å². The van der Waals surface area contributed by atoms with Crippen LogP contribution in [0.2, 0.25) is 5.54 Å². The molecule has 5 rings (SSSR count). The normalized spacial score (nSPS) is 14.8. The third-order valence-corrected chi connectivity index (χ3v) is 14.5. The average Bonchev–Trinajstić information content (AvgIpc) is 3.55. The van der Waals surface area contributed by atoms with E-state index < -0.39 is 8.07 Å². The first kappa shape index (κ1) is 30.0. The zero-order valence-corrected chi connectivity index (χ0v) is 27.6. The van der Waals surface area contributed by atoms with Crippen molar-refractivity contribution in [3.05, 3.63) is 142 Å². The first-order chi connectivity index (χ1) is 20.5. The monoisotopic (exact) mass is 568 g/mol. The Kier molecular flexibility index (Phi) is 9.49. The molecule has 0 fully saturated rings. The molecule has 0 heterocycles. The van der Waals surface area contributed by atoms with Crippen LogP contribution in [0.15, 0.2) is 103 Å². The molecule has 0 N–H and O–H groups in total. The van der Waals surface area contributed by atoms with Crippen molar-refractivity contribution in [2.75, 3.05) is 0 Å². The zero-order valence-electron chi connectivity index (χ0n) is 26.6. The van der Waals surface area contributed by atoms with Crippen molar-refractivity contribution in [2.45, 2.75) is 85.6 Å². The molecule has 1 aliphatic rings. The number of hydrogen-bond acceptors (Lipinski definition) is 0. The second-order valence-corrected chi connectivity index (χ2v) is 15.9. The van der Waals surface area contributed by atoms with Gasteiger partial charge in [0.1, 0.15) is 0 Å². The molecule has 4 aromatic carbocycles. The molecule has 0 nitrogen and oxygen atoms in total. The third-order valence-electron chi connectivity index (χ3n) is 9.46. The molecule has 0 saturated heterocycles. The van der Waals surface area contributed by atoms with Gasteiger partial charge in [-0.05, 0) is 98.6 Å². The first-order valence-electron chi connectivity index (χ1n) is 16.3. The third kappa shape index (κ3) is 5.64. The summed E-state index contributed by atoms with van der Waals surface area (Å²) in [6.45, 7) is 13.9. The zero-order chi connectivity index (χ0) is 29.7. The van der Waals surface area contributed by atoms with Crippen LogP contribution in [0.1, 0.15) is 80.5 Å². The van der Waals surface area contributed by atoms with E-state index in [4.69, 9.17) is 0 Å². The highest BCUT2D eigenvalue weighted by Gasteiger charge is 2.48. The summed E-state index contributed by atoms with van der Waals surface area (Å²) in [4.78, 5) is 0. The Labute approximate surface area is 256 Å². The lowest BCUT2D eigenvalue weighted by Gasteiger charge is -2.41. The standard InChI is InChI=1S/C41H48Si/c1-7-30-21-31(8-2)25-37(24-30)42(38-26-32(9-3)22-33(10-4)27-38,39-28-34(11-5)23-35(12-6)29-39)41-20-16-19-40(41)36-17-14-13-15-18-36/h13-29,41H,7-12H2,1-6H3. The molecule has 0 bridgehead atoms. The first-order valence-corrected chi connectivity index (χ1v) is 18.4. The molecule has 0 radical (unpaired) electrons. The van der Waals surface area contributed by atoms with Crippen LogP contribution in [0, 0.1) is 0 Å². The summed E-state index contributed by atoms with van der Waals surface area (Å²) in [5.41, 5.74) is 11.8. The van der Waals surface area contributed by atoms with Crippen LogP contribution in [-0.2, 0) is 38.5 Å². The molecule has 0 aromatic heterocycles. The summed E-state index contributed by atoms with van der Waals surface area (Å²) in [6.07, 6.45) is 13.6. The van der Waals surface area contributed by atoms with E-state index in [9.17, 15) is 0 Å². The lowest BCUT2D eigenvalue weighted by Crippen LogP contribution is -2.70. The van der Waals surface area contributed by atoms with Gasteiger partial charge >= 0.3 is 0 Å². The predicted molar refractivity (Wildman–Crippen MR) is 188 cm³/mol. The lowest BCUT2D eigenvalue weighted by molar-refractivity contribution is 1.08. The summed E-state index contributed by atoms with van der Waals surface area (Å²) in [5.74, 6) is 0. The Morgan fingerprint density at radius 2 is 0.833 bits per heavy atom. The smallest absolute Gasteiger partial charge is 0.0787 e. The van der Waals surface area contributed by atoms with Gasteiger partial charge in [0.2, 0.25) is 0 Å². The van der Waals surface area contributed by atoms with E-state index in [1.807, 2.05) is 0 Å². The molecule has 42 heavy (non-hydrogen) atoms. The molecule has 0 aliphatic heterocycles.